The summed E-state index contributed by atoms with van der Waals surface area (Å²) in [4.78, 5) is 17.0. The van der Waals surface area contributed by atoms with Gasteiger partial charge in [-0.25, -0.2) is 0 Å². The lowest BCUT2D eigenvalue weighted by atomic mass is 10.1. The number of fused-ring (bicyclic) bond motifs is 1. The average Bonchev–Trinajstić information content (AvgIpc) is 3.26. The first kappa shape index (κ1) is 15.7. The summed E-state index contributed by atoms with van der Waals surface area (Å²) < 4.78 is 7.72. The summed E-state index contributed by atoms with van der Waals surface area (Å²) >= 11 is 0. The minimum Gasteiger partial charge on any atom is -0.379 e. The molecule has 2 fully saturated rings. The van der Waals surface area contributed by atoms with Crippen molar-refractivity contribution in [3.63, 3.8) is 0 Å². The number of carbonyl (C=O) groups excluding carboxylic acids is 1. The third kappa shape index (κ3) is 3.19. The van der Waals surface area contributed by atoms with Crippen LogP contribution in [0, 0.1) is 0 Å². The van der Waals surface area contributed by atoms with E-state index in [1.54, 1.807) is 0 Å². The Balaban J connectivity index is 1.57. The number of hydrogen-bond donors (Lipinski definition) is 0. The second-order valence-corrected chi connectivity index (χ2v) is 6.78. The van der Waals surface area contributed by atoms with Crippen LogP contribution in [0.1, 0.15) is 18.4 Å². The second-order valence-electron chi connectivity index (χ2n) is 6.78. The minimum absolute atomic E-state index is 0.266. The number of nitrogens with zero attached hydrogens (tertiary/aromatic N) is 3. The highest BCUT2D eigenvalue weighted by Gasteiger charge is 2.20. The number of likely N-dealkylation sites (tertiary alicyclic amines) is 1. The van der Waals surface area contributed by atoms with Crippen LogP contribution in [0.5, 0.6) is 0 Å². The predicted molar refractivity (Wildman–Crippen MR) is 93.8 cm³/mol. The SMILES string of the molecule is O=C(Cc1cn(CN2CCOCC2)c2ccccc12)N1CCCC1. The van der Waals surface area contributed by atoms with Gasteiger partial charge in [0.15, 0.2) is 0 Å². The minimum atomic E-state index is 0.266. The lowest BCUT2D eigenvalue weighted by Gasteiger charge is -2.27. The van der Waals surface area contributed by atoms with Crippen molar-refractivity contribution in [2.75, 3.05) is 39.4 Å². The third-order valence-electron chi connectivity index (χ3n) is 5.13. The standard InChI is InChI=1S/C19H25N3O2/c23-19(21-7-3-4-8-21)13-16-14-22(15-20-9-11-24-12-10-20)18-6-2-1-5-17(16)18/h1-2,5-6,14H,3-4,7-13,15H2. The lowest BCUT2D eigenvalue weighted by molar-refractivity contribution is -0.129. The van der Waals surface area contributed by atoms with E-state index in [1.165, 1.54) is 10.9 Å². The molecule has 4 rings (SSSR count). The molecule has 2 saturated heterocycles. The molecule has 5 heteroatoms. The Morgan fingerprint density at radius 3 is 2.58 bits per heavy atom. The Morgan fingerprint density at radius 2 is 1.79 bits per heavy atom. The fourth-order valence-electron chi connectivity index (χ4n) is 3.78. The first-order chi connectivity index (χ1) is 11.8. The zero-order valence-corrected chi connectivity index (χ0v) is 14.1. The van der Waals surface area contributed by atoms with Crippen LogP contribution in [0.25, 0.3) is 10.9 Å². The molecule has 2 aromatic rings. The van der Waals surface area contributed by atoms with Crippen molar-refractivity contribution < 1.29 is 9.53 Å². The molecule has 2 aliphatic rings. The molecule has 0 spiro atoms. The monoisotopic (exact) mass is 327 g/mol. The van der Waals surface area contributed by atoms with Gasteiger partial charge < -0.3 is 14.2 Å². The van der Waals surface area contributed by atoms with Gasteiger partial charge in [0.05, 0.1) is 26.3 Å². The van der Waals surface area contributed by atoms with E-state index in [-0.39, 0.29) is 5.91 Å². The zero-order valence-electron chi connectivity index (χ0n) is 14.1. The maximum Gasteiger partial charge on any atom is 0.227 e. The van der Waals surface area contributed by atoms with Crippen LogP contribution in [0.4, 0.5) is 0 Å². The molecule has 0 atom stereocenters. The summed E-state index contributed by atoms with van der Waals surface area (Å²) in [7, 11) is 0. The summed E-state index contributed by atoms with van der Waals surface area (Å²) in [5.74, 6) is 0.266. The summed E-state index contributed by atoms with van der Waals surface area (Å²) in [6.07, 6.45) is 4.97. The Bertz CT molecular complexity index is 712. The van der Waals surface area contributed by atoms with Crippen molar-refractivity contribution in [1.82, 2.24) is 14.4 Å². The highest BCUT2D eigenvalue weighted by Crippen LogP contribution is 2.23. The van der Waals surface area contributed by atoms with Crippen molar-refractivity contribution in [1.29, 1.82) is 0 Å². The van der Waals surface area contributed by atoms with Crippen molar-refractivity contribution >= 4 is 16.8 Å². The van der Waals surface area contributed by atoms with Gasteiger partial charge in [-0.15, -0.1) is 0 Å². The smallest absolute Gasteiger partial charge is 0.227 e. The number of ether oxygens (including phenoxy) is 1. The molecular weight excluding hydrogens is 302 g/mol. The molecule has 0 N–H and O–H groups in total. The Morgan fingerprint density at radius 1 is 1.04 bits per heavy atom. The fourth-order valence-corrected chi connectivity index (χ4v) is 3.78. The quantitative estimate of drug-likeness (QED) is 0.863. The van der Waals surface area contributed by atoms with E-state index in [9.17, 15) is 4.79 Å². The molecule has 0 unspecified atom stereocenters. The number of hydrogen-bond acceptors (Lipinski definition) is 3. The van der Waals surface area contributed by atoms with E-state index in [0.29, 0.717) is 6.42 Å². The Kier molecular flexibility index (Phi) is 4.54. The van der Waals surface area contributed by atoms with E-state index in [2.05, 4.69) is 39.9 Å². The van der Waals surface area contributed by atoms with E-state index in [4.69, 9.17) is 4.74 Å². The molecule has 0 aliphatic carbocycles. The fraction of sp³-hybridized carbons (Fsp3) is 0.526. The maximum absolute atomic E-state index is 12.5. The van der Waals surface area contributed by atoms with Gasteiger partial charge in [0, 0.05) is 43.3 Å². The zero-order chi connectivity index (χ0) is 16.4. The van der Waals surface area contributed by atoms with Crippen LogP contribution in [-0.4, -0.2) is 59.7 Å². The molecule has 1 amide bonds. The number of aromatic nitrogens is 1. The maximum atomic E-state index is 12.5. The topological polar surface area (TPSA) is 37.7 Å². The molecule has 0 radical (unpaired) electrons. The molecule has 5 nitrogen and oxygen atoms in total. The molecule has 1 aromatic carbocycles. The van der Waals surface area contributed by atoms with Gasteiger partial charge in [0.25, 0.3) is 0 Å². The summed E-state index contributed by atoms with van der Waals surface area (Å²) in [6.45, 7) is 6.25. The van der Waals surface area contributed by atoms with Gasteiger partial charge in [-0.2, -0.15) is 0 Å². The molecule has 0 bridgehead atoms. The van der Waals surface area contributed by atoms with Gasteiger partial charge in [0.1, 0.15) is 0 Å². The van der Waals surface area contributed by atoms with Crippen LogP contribution < -0.4 is 0 Å². The van der Waals surface area contributed by atoms with Gasteiger partial charge in [-0.3, -0.25) is 9.69 Å². The van der Waals surface area contributed by atoms with Gasteiger partial charge in [-0.1, -0.05) is 18.2 Å². The molecular formula is C19H25N3O2. The van der Waals surface area contributed by atoms with Crippen molar-refractivity contribution in [3.05, 3.63) is 36.0 Å². The predicted octanol–water partition coefficient (Wildman–Crippen LogP) is 2.10. The lowest BCUT2D eigenvalue weighted by Crippen LogP contribution is -2.37. The first-order valence-corrected chi connectivity index (χ1v) is 8.96. The Hall–Kier alpha value is -1.85. The van der Waals surface area contributed by atoms with Crippen LogP contribution in [0.2, 0.25) is 0 Å². The summed E-state index contributed by atoms with van der Waals surface area (Å²) in [5.41, 5.74) is 2.36. The van der Waals surface area contributed by atoms with Crippen LogP contribution in [0.15, 0.2) is 30.5 Å². The van der Waals surface area contributed by atoms with E-state index >= 15 is 0 Å². The number of benzene rings is 1. The number of rotatable bonds is 4. The number of carbonyl (C=O) groups is 1. The number of amides is 1. The number of morpholine rings is 1. The van der Waals surface area contributed by atoms with Gasteiger partial charge >= 0.3 is 0 Å². The average molecular weight is 327 g/mol. The van der Waals surface area contributed by atoms with Crippen LogP contribution in [-0.2, 0) is 22.6 Å². The van der Waals surface area contributed by atoms with Crippen molar-refractivity contribution in [3.8, 4) is 0 Å². The Labute approximate surface area is 142 Å². The van der Waals surface area contributed by atoms with Crippen molar-refractivity contribution in [2.45, 2.75) is 25.9 Å². The largest absolute Gasteiger partial charge is 0.379 e. The van der Waals surface area contributed by atoms with Gasteiger partial charge in [0.2, 0.25) is 5.91 Å². The van der Waals surface area contributed by atoms with Gasteiger partial charge in [-0.05, 0) is 24.5 Å². The third-order valence-corrected chi connectivity index (χ3v) is 5.13. The highest BCUT2D eigenvalue weighted by atomic mass is 16.5. The highest BCUT2D eigenvalue weighted by molar-refractivity contribution is 5.89. The second kappa shape index (κ2) is 6.95. The van der Waals surface area contributed by atoms with E-state index in [1.807, 2.05) is 4.90 Å². The van der Waals surface area contributed by atoms with E-state index < -0.39 is 0 Å². The molecule has 1 aromatic heterocycles. The molecule has 128 valence electrons. The normalized spacial score (nSPS) is 19.2. The first-order valence-electron chi connectivity index (χ1n) is 8.96. The van der Waals surface area contributed by atoms with Crippen molar-refractivity contribution in [2.24, 2.45) is 0 Å². The summed E-state index contributed by atoms with van der Waals surface area (Å²) in [6, 6.07) is 8.42. The molecule has 2 aliphatic heterocycles. The molecule has 3 heterocycles. The molecule has 24 heavy (non-hydrogen) atoms. The van der Waals surface area contributed by atoms with Crippen LogP contribution in [0.3, 0.4) is 0 Å². The number of para-hydroxylation sites is 1. The summed E-state index contributed by atoms with van der Waals surface area (Å²) in [5, 5.41) is 1.21. The van der Waals surface area contributed by atoms with Crippen LogP contribution >= 0.6 is 0 Å². The van der Waals surface area contributed by atoms with E-state index in [0.717, 1.165) is 64.5 Å². The molecule has 0 saturated carbocycles.